The molecule has 0 aromatic carbocycles. The third-order valence-electron chi connectivity index (χ3n) is 3.25. The first-order valence-corrected chi connectivity index (χ1v) is 7.29. The molecule has 0 unspecified atom stereocenters. The molecule has 3 heterocycles. The molecule has 0 amide bonds. The molecule has 0 radical (unpaired) electrons. The van der Waals surface area contributed by atoms with E-state index in [1.807, 2.05) is 18.2 Å². The number of nitrogens with one attached hydrogen (secondary N) is 1. The molecule has 1 aliphatic carbocycles. The van der Waals surface area contributed by atoms with E-state index in [-0.39, 0.29) is 5.88 Å². The van der Waals surface area contributed by atoms with Crippen molar-refractivity contribution in [2.45, 2.75) is 18.9 Å². The van der Waals surface area contributed by atoms with Crippen LogP contribution in [0.5, 0.6) is 5.88 Å². The lowest BCUT2D eigenvalue weighted by Crippen LogP contribution is -1.99. The van der Waals surface area contributed by atoms with E-state index in [1.54, 1.807) is 12.4 Å². The first-order chi connectivity index (χ1) is 9.79. The zero-order valence-corrected chi connectivity index (χ0v) is 11.4. The van der Waals surface area contributed by atoms with Gasteiger partial charge in [-0.05, 0) is 31.1 Å². The van der Waals surface area contributed by atoms with Crippen molar-refractivity contribution in [2.75, 3.05) is 5.32 Å². The molecule has 4 rings (SSSR count). The number of hydrogen-bond acceptors (Lipinski definition) is 6. The second kappa shape index (κ2) is 4.42. The molecule has 1 saturated carbocycles. The van der Waals surface area contributed by atoms with Gasteiger partial charge in [-0.3, -0.25) is 0 Å². The van der Waals surface area contributed by atoms with Crippen LogP contribution in [-0.2, 0) is 0 Å². The normalized spacial score (nSPS) is 18.5. The summed E-state index contributed by atoms with van der Waals surface area (Å²) in [6.07, 6.45) is 7.76. The van der Waals surface area contributed by atoms with Gasteiger partial charge in [-0.25, -0.2) is 9.98 Å². The van der Waals surface area contributed by atoms with E-state index in [4.69, 9.17) is 0 Å². The number of thiazole rings is 1. The minimum absolute atomic E-state index is 0.0661. The highest BCUT2D eigenvalue weighted by Gasteiger charge is 2.23. The summed E-state index contributed by atoms with van der Waals surface area (Å²) in [5.74, 6) is 0.787. The molecular weight excluding hydrogens is 272 g/mol. The maximum Gasteiger partial charge on any atom is 0.231 e. The Kier molecular flexibility index (Phi) is 2.56. The van der Waals surface area contributed by atoms with Crippen molar-refractivity contribution in [3.8, 4) is 5.88 Å². The fourth-order valence-corrected chi connectivity index (χ4v) is 2.95. The smallest absolute Gasteiger partial charge is 0.231 e. The van der Waals surface area contributed by atoms with E-state index in [9.17, 15) is 5.11 Å². The maximum absolute atomic E-state index is 9.93. The predicted molar refractivity (Wildman–Crippen MR) is 80.7 cm³/mol. The van der Waals surface area contributed by atoms with E-state index in [0.29, 0.717) is 6.04 Å². The maximum atomic E-state index is 9.93. The molecule has 20 heavy (non-hydrogen) atoms. The summed E-state index contributed by atoms with van der Waals surface area (Å²) in [4.78, 5) is 13.3. The highest BCUT2D eigenvalue weighted by molar-refractivity contribution is 7.16. The Labute approximate surface area is 119 Å². The number of nitrogens with zero attached hydrogens (tertiary/aromatic N) is 3. The largest absolute Gasteiger partial charge is 0.492 e. The average molecular weight is 284 g/mol. The number of rotatable bonds is 3. The number of aromatic nitrogens is 2. The fraction of sp³-hybridized carbons (Fsp3) is 0.214. The van der Waals surface area contributed by atoms with Gasteiger partial charge in [0.15, 0.2) is 10.9 Å². The van der Waals surface area contributed by atoms with Gasteiger partial charge >= 0.3 is 0 Å². The molecule has 1 aliphatic heterocycles. The third kappa shape index (κ3) is 2.08. The number of allylic oxidation sites excluding steroid dienone is 1. The van der Waals surface area contributed by atoms with Crippen LogP contribution in [0.1, 0.15) is 23.3 Å². The molecule has 6 heteroatoms. The summed E-state index contributed by atoms with van der Waals surface area (Å²) in [6.45, 7) is 0. The average Bonchev–Trinajstić information content (AvgIpc) is 3.07. The van der Waals surface area contributed by atoms with Crippen LogP contribution < -0.4 is 5.32 Å². The summed E-state index contributed by atoms with van der Waals surface area (Å²) >= 11 is 1.46. The molecule has 0 saturated heterocycles. The Balaban J connectivity index is 1.67. The topological polar surface area (TPSA) is 70.4 Å². The molecule has 2 aromatic heterocycles. The van der Waals surface area contributed by atoms with Crippen molar-refractivity contribution in [1.29, 1.82) is 0 Å². The summed E-state index contributed by atoms with van der Waals surface area (Å²) in [7, 11) is 0. The van der Waals surface area contributed by atoms with Gasteiger partial charge in [-0.15, -0.1) is 0 Å². The Hall–Kier alpha value is -2.21. The molecule has 5 nitrogen and oxygen atoms in total. The van der Waals surface area contributed by atoms with Crippen molar-refractivity contribution in [2.24, 2.45) is 4.99 Å². The van der Waals surface area contributed by atoms with Crippen molar-refractivity contribution < 1.29 is 5.11 Å². The van der Waals surface area contributed by atoms with Crippen LogP contribution in [0.15, 0.2) is 23.3 Å². The van der Waals surface area contributed by atoms with Crippen molar-refractivity contribution >= 4 is 40.1 Å². The van der Waals surface area contributed by atoms with E-state index >= 15 is 0 Å². The van der Waals surface area contributed by atoms with Gasteiger partial charge < -0.3 is 10.4 Å². The van der Waals surface area contributed by atoms with Crippen LogP contribution in [0.3, 0.4) is 0 Å². The summed E-state index contributed by atoms with van der Waals surface area (Å²) < 4.78 is 0. The second-order valence-corrected chi connectivity index (χ2v) is 5.89. The lowest BCUT2D eigenvalue weighted by Gasteiger charge is -1.97. The Morgan fingerprint density at radius 3 is 3.15 bits per heavy atom. The van der Waals surface area contributed by atoms with Gasteiger partial charge in [0.05, 0.1) is 4.88 Å². The van der Waals surface area contributed by atoms with E-state index in [1.165, 1.54) is 24.2 Å². The highest BCUT2D eigenvalue weighted by Crippen LogP contribution is 2.36. The van der Waals surface area contributed by atoms with E-state index < -0.39 is 0 Å². The Morgan fingerprint density at radius 2 is 2.30 bits per heavy atom. The lowest BCUT2D eigenvalue weighted by atomic mass is 10.1. The molecule has 0 spiro atoms. The van der Waals surface area contributed by atoms with Gasteiger partial charge in [0.1, 0.15) is 0 Å². The standard InChI is InChI=1S/C14H12N4OS/c19-13-11(20-14(18-13)17-9-3-4-9)6-8-7-16-12-10(8)2-1-5-15-12/h1-2,5-7,9,19H,3-4H2,(H,17,18). The van der Waals surface area contributed by atoms with E-state index in [0.717, 1.165) is 27.0 Å². The fourth-order valence-electron chi connectivity index (χ4n) is 2.06. The molecular formula is C14H12N4OS. The Morgan fingerprint density at radius 1 is 1.40 bits per heavy atom. The molecule has 0 atom stereocenters. The van der Waals surface area contributed by atoms with Crippen molar-refractivity contribution in [3.05, 3.63) is 28.8 Å². The van der Waals surface area contributed by atoms with Gasteiger partial charge in [-0.2, -0.15) is 4.98 Å². The number of aromatic hydroxyl groups is 1. The molecule has 2 aromatic rings. The van der Waals surface area contributed by atoms with Crippen LogP contribution in [-0.4, -0.2) is 27.3 Å². The number of anilines is 1. The van der Waals surface area contributed by atoms with Crippen molar-refractivity contribution in [3.63, 3.8) is 0 Å². The predicted octanol–water partition coefficient (Wildman–Crippen LogP) is 3.07. The van der Waals surface area contributed by atoms with Crippen LogP contribution in [0.4, 0.5) is 10.9 Å². The number of fused-ring (bicyclic) bond motifs is 1. The van der Waals surface area contributed by atoms with Crippen LogP contribution in [0.2, 0.25) is 0 Å². The van der Waals surface area contributed by atoms with Crippen LogP contribution >= 0.6 is 11.3 Å². The second-order valence-electron chi connectivity index (χ2n) is 4.86. The number of pyridine rings is 1. The first kappa shape index (κ1) is 11.6. The zero-order valence-electron chi connectivity index (χ0n) is 10.6. The lowest BCUT2D eigenvalue weighted by molar-refractivity contribution is 0.456. The first-order valence-electron chi connectivity index (χ1n) is 6.47. The number of aliphatic imine (C=N–C) groups is 1. The monoisotopic (exact) mass is 284 g/mol. The minimum Gasteiger partial charge on any atom is -0.492 e. The van der Waals surface area contributed by atoms with Crippen LogP contribution in [0, 0.1) is 0 Å². The quantitative estimate of drug-likeness (QED) is 0.908. The van der Waals surface area contributed by atoms with Gasteiger partial charge in [0.25, 0.3) is 0 Å². The highest BCUT2D eigenvalue weighted by atomic mass is 32.1. The van der Waals surface area contributed by atoms with Gasteiger partial charge in [-0.1, -0.05) is 11.3 Å². The molecule has 2 N–H and O–H groups in total. The zero-order chi connectivity index (χ0) is 13.5. The molecule has 100 valence electrons. The van der Waals surface area contributed by atoms with E-state index in [2.05, 4.69) is 20.3 Å². The molecule has 0 bridgehead atoms. The minimum atomic E-state index is 0.0661. The third-order valence-corrected chi connectivity index (χ3v) is 4.17. The summed E-state index contributed by atoms with van der Waals surface area (Å²) in [5, 5.41) is 14.0. The summed E-state index contributed by atoms with van der Waals surface area (Å²) in [6, 6.07) is 4.38. The van der Waals surface area contributed by atoms with Gasteiger partial charge in [0.2, 0.25) is 5.88 Å². The van der Waals surface area contributed by atoms with Gasteiger partial charge in [0, 0.05) is 29.6 Å². The molecule has 2 aliphatic rings. The summed E-state index contributed by atoms with van der Waals surface area (Å²) in [5.41, 5.74) is 1.93. The molecule has 1 fully saturated rings. The number of hydrogen-bond donors (Lipinski definition) is 2. The SMILES string of the molecule is Oc1nc(NC2CC2)sc1C=C1C=Nc2ncccc21. The van der Waals surface area contributed by atoms with Crippen LogP contribution in [0.25, 0.3) is 11.6 Å². The Bertz CT molecular complexity index is 731. The van der Waals surface area contributed by atoms with Crippen molar-refractivity contribution in [1.82, 2.24) is 9.97 Å².